The summed E-state index contributed by atoms with van der Waals surface area (Å²) in [6.45, 7) is 5.07. The molecule has 1 aromatic carbocycles. The van der Waals surface area contributed by atoms with Gasteiger partial charge in [0.1, 0.15) is 18.3 Å². The number of rotatable bonds is 3. The second-order valence-corrected chi connectivity index (χ2v) is 13.6. The molecule has 5 heterocycles. The Kier molecular flexibility index (Phi) is 10.7. The third-order valence-corrected chi connectivity index (χ3v) is 10.5. The van der Waals surface area contributed by atoms with E-state index in [-0.39, 0.29) is 48.6 Å². The molecule has 0 radical (unpaired) electrons. The maximum atomic E-state index is 13.7. The Bertz CT molecular complexity index is 1170. The molecule has 1 aromatic rings. The smallest absolute Gasteiger partial charge is 0.237 e. The molecule has 8 atom stereocenters. The van der Waals surface area contributed by atoms with Gasteiger partial charge in [-0.15, -0.1) is 0 Å². The fourth-order valence-electron chi connectivity index (χ4n) is 8.02. The molecule has 0 aromatic heterocycles. The van der Waals surface area contributed by atoms with E-state index in [9.17, 15) is 24.6 Å². The predicted octanol–water partition coefficient (Wildman–Crippen LogP) is -0.232. The minimum atomic E-state index is -1.24. The molecule has 5 N–H and O–H groups in total. The second-order valence-electron chi connectivity index (χ2n) is 13.6. The van der Waals surface area contributed by atoms with Crippen molar-refractivity contribution in [3.05, 3.63) is 35.9 Å². The highest BCUT2D eigenvalue weighted by molar-refractivity contribution is 5.83. The molecule has 6 rings (SSSR count). The van der Waals surface area contributed by atoms with Gasteiger partial charge < -0.3 is 35.6 Å². The molecular formula is C33H49N5O7. The molecule has 248 valence electrons. The Morgan fingerprint density at radius 2 is 1.62 bits per heavy atom. The lowest BCUT2D eigenvalue weighted by Crippen LogP contribution is -2.49. The zero-order chi connectivity index (χ0) is 31.3. The van der Waals surface area contributed by atoms with Crippen molar-refractivity contribution in [2.45, 2.75) is 94.0 Å². The number of hydrogen-bond donors (Lipinski definition) is 5. The van der Waals surface area contributed by atoms with Crippen LogP contribution in [0.1, 0.15) is 50.5 Å². The first-order chi connectivity index (χ1) is 21.8. The number of fused-ring (bicyclic) bond motifs is 5. The van der Waals surface area contributed by atoms with Gasteiger partial charge in [0.05, 0.1) is 18.6 Å². The number of amides is 3. The largest absolute Gasteiger partial charge is 0.388 e. The van der Waals surface area contributed by atoms with E-state index in [0.717, 1.165) is 57.6 Å². The van der Waals surface area contributed by atoms with Crippen LogP contribution in [-0.4, -0.2) is 126 Å². The van der Waals surface area contributed by atoms with Crippen molar-refractivity contribution in [2.24, 2.45) is 11.8 Å². The van der Waals surface area contributed by atoms with Crippen molar-refractivity contribution in [3.8, 4) is 0 Å². The molecule has 45 heavy (non-hydrogen) atoms. The number of likely N-dealkylation sites (tertiary alicyclic amines) is 2. The molecule has 5 aliphatic heterocycles. The van der Waals surface area contributed by atoms with E-state index in [2.05, 4.69) is 25.8 Å². The molecule has 4 bridgehead atoms. The second kappa shape index (κ2) is 14.9. The maximum Gasteiger partial charge on any atom is 0.237 e. The number of aliphatic hydroxyl groups is 2. The SMILES string of the molecule is O=C1C[C@@H]2CCN(C3CCOCC3)C[C@@H]2CCNC(=O)[C@@H]2C[C@H](CN2Cc2ccccc2)NC(=O)C[C@@H]2O[C@H](CN1)C(O)C2O. The lowest BCUT2D eigenvalue weighted by atomic mass is 9.80. The molecule has 5 fully saturated rings. The minimum absolute atomic E-state index is 0.0486. The van der Waals surface area contributed by atoms with Gasteiger partial charge in [0.2, 0.25) is 17.7 Å². The van der Waals surface area contributed by atoms with E-state index >= 15 is 0 Å². The van der Waals surface area contributed by atoms with E-state index in [1.165, 1.54) is 0 Å². The van der Waals surface area contributed by atoms with E-state index < -0.39 is 30.5 Å². The summed E-state index contributed by atoms with van der Waals surface area (Å²) >= 11 is 0. The normalized spacial score (nSPS) is 36.6. The van der Waals surface area contributed by atoms with Crippen LogP contribution in [0.15, 0.2) is 30.3 Å². The number of nitrogens with zero attached hydrogens (tertiary/aromatic N) is 2. The van der Waals surface area contributed by atoms with Crippen LogP contribution in [0, 0.1) is 11.8 Å². The van der Waals surface area contributed by atoms with Gasteiger partial charge in [-0.2, -0.15) is 0 Å². The van der Waals surface area contributed by atoms with Crippen LogP contribution >= 0.6 is 0 Å². The summed E-state index contributed by atoms with van der Waals surface area (Å²) in [5, 5.41) is 30.5. The Morgan fingerprint density at radius 3 is 2.42 bits per heavy atom. The number of carbonyl (C=O) groups excluding carboxylic acids is 3. The number of hydrogen-bond acceptors (Lipinski definition) is 9. The number of aliphatic hydroxyl groups excluding tert-OH is 2. The van der Waals surface area contributed by atoms with Crippen molar-refractivity contribution in [1.29, 1.82) is 0 Å². The van der Waals surface area contributed by atoms with Crippen molar-refractivity contribution >= 4 is 17.7 Å². The number of carbonyl (C=O) groups is 3. The first kappa shape index (κ1) is 32.3. The summed E-state index contributed by atoms with van der Waals surface area (Å²) in [6, 6.07) is 9.84. The van der Waals surface area contributed by atoms with Crippen LogP contribution in [0.25, 0.3) is 0 Å². The topological polar surface area (TPSA) is 153 Å². The van der Waals surface area contributed by atoms with Crippen LogP contribution in [0.4, 0.5) is 0 Å². The third-order valence-electron chi connectivity index (χ3n) is 10.5. The van der Waals surface area contributed by atoms with Gasteiger partial charge in [0.25, 0.3) is 0 Å². The van der Waals surface area contributed by atoms with Gasteiger partial charge in [-0.25, -0.2) is 0 Å². The fourth-order valence-corrected chi connectivity index (χ4v) is 8.02. The minimum Gasteiger partial charge on any atom is -0.388 e. The van der Waals surface area contributed by atoms with Gasteiger partial charge in [0, 0.05) is 64.4 Å². The third kappa shape index (κ3) is 8.04. The molecule has 0 spiro atoms. The summed E-state index contributed by atoms with van der Waals surface area (Å²) in [7, 11) is 0. The molecule has 5 aliphatic rings. The molecule has 0 aliphatic carbocycles. The maximum absolute atomic E-state index is 13.7. The first-order valence-electron chi connectivity index (χ1n) is 16.8. The van der Waals surface area contributed by atoms with E-state index in [1.54, 1.807) is 0 Å². The summed E-state index contributed by atoms with van der Waals surface area (Å²) in [5.74, 6) is -0.0672. The number of benzene rings is 1. The summed E-state index contributed by atoms with van der Waals surface area (Å²) in [6.07, 6.45) is 0.286. The van der Waals surface area contributed by atoms with Crippen molar-refractivity contribution in [3.63, 3.8) is 0 Å². The van der Waals surface area contributed by atoms with Crippen LogP contribution in [0.5, 0.6) is 0 Å². The van der Waals surface area contributed by atoms with Gasteiger partial charge in [0.15, 0.2) is 0 Å². The van der Waals surface area contributed by atoms with Crippen LogP contribution < -0.4 is 16.0 Å². The molecule has 0 saturated carbocycles. The fraction of sp³-hybridized carbons (Fsp3) is 0.727. The Balaban J connectivity index is 1.18. The number of nitrogens with one attached hydrogen (secondary N) is 3. The first-order valence-corrected chi connectivity index (χ1v) is 16.8. The monoisotopic (exact) mass is 627 g/mol. The van der Waals surface area contributed by atoms with Crippen molar-refractivity contribution in [1.82, 2.24) is 25.8 Å². The van der Waals surface area contributed by atoms with Gasteiger partial charge in [-0.3, -0.25) is 24.2 Å². The zero-order valence-electron chi connectivity index (χ0n) is 26.0. The van der Waals surface area contributed by atoms with E-state index in [4.69, 9.17) is 9.47 Å². The molecule has 5 saturated heterocycles. The average Bonchev–Trinajstić information content (AvgIpc) is 3.56. The lowest BCUT2D eigenvalue weighted by molar-refractivity contribution is -0.127. The van der Waals surface area contributed by atoms with E-state index in [1.807, 2.05) is 30.3 Å². The Labute approximate surface area is 265 Å². The van der Waals surface area contributed by atoms with Gasteiger partial charge >= 0.3 is 0 Å². The van der Waals surface area contributed by atoms with Crippen LogP contribution in [0.2, 0.25) is 0 Å². The summed E-state index contributed by atoms with van der Waals surface area (Å²) in [4.78, 5) is 44.5. The van der Waals surface area contributed by atoms with Crippen molar-refractivity contribution in [2.75, 3.05) is 45.9 Å². The molecule has 12 nitrogen and oxygen atoms in total. The molecular weight excluding hydrogens is 578 g/mol. The summed E-state index contributed by atoms with van der Waals surface area (Å²) < 4.78 is 11.5. The predicted molar refractivity (Wildman–Crippen MR) is 165 cm³/mol. The van der Waals surface area contributed by atoms with Crippen LogP contribution in [-0.2, 0) is 30.4 Å². The highest BCUT2D eigenvalue weighted by Gasteiger charge is 2.44. The molecule has 12 heteroatoms. The highest BCUT2D eigenvalue weighted by atomic mass is 16.5. The summed E-state index contributed by atoms with van der Waals surface area (Å²) in [5.41, 5.74) is 1.09. The standard InChI is InChI=1S/C33H49N5O7/c39-29-14-22-7-11-37(25-8-12-44-13-9-25)19-23(22)6-10-34-33(43)26-15-24(20-38(26)18-21-4-2-1-3-5-21)36-30(40)16-27-31(41)32(42)28(45-27)17-35-29/h1-5,22-28,31-32,41-42H,6-20H2,(H,34,43)(H,35,39)(H,36,40)/t22-,23-,24+,26-,27-,28+,31?,32?/m0/s1. The Hall–Kier alpha value is -2.61. The van der Waals surface area contributed by atoms with Gasteiger partial charge in [-0.1, -0.05) is 30.3 Å². The zero-order valence-corrected chi connectivity index (χ0v) is 26.0. The number of piperidine rings is 1. The quantitative estimate of drug-likeness (QED) is 0.306. The molecule has 2 unspecified atom stereocenters. The number of ether oxygens (including phenoxy) is 2. The van der Waals surface area contributed by atoms with Crippen LogP contribution in [0.3, 0.4) is 0 Å². The van der Waals surface area contributed by atoms with Gasteiger partial charge in [-0.05, 0) is 56.0 Å². The van der Waals surface area contributed by atoms with Crippen molar-refractivity contribution < 1.29 is 34.1 Å². The highest BCUT2D eigenvalue weighted by Crippen LogP contribution is 2.32. The molecule has 3 amide bonds. The van der Waals surface area contributed by atoms with E-state index in [0.29, 0.717) is 38.5 Å². The lowest BCUT2D eigenvalue weighted by Gasteiger charge is -2.43. The Morgan fingerprint density at radius 1 is 0.844 bits per heavy atom. The average molecular weight is 628 g/mol.